The van der Waals surface area contributed by atoms with Crippen molar-refractivity contribution >= 4 is 47.1 Å². The number of esters is 4. The highest BCUT2D eigenvalue weighted by Gasteiger charge is 2.65. The zero-order chi connectivity index (χ0) is 48.3. The molecule has 0 aromatic heterocycles. The molecule has 4 heterocycles. The van der Waals surface area contributed by atoms with Crippen LogP contribution in [-0.4, -0.2) is 90.4 Å². The second kappa shape index (κ2) is 19.2. The van der Waals surface area contributed by atoms with E-state index in [0.717, 1.165) is 0 Å². The van der Waals surface area contributed by atoms with Gasteiger partial charge in [0.05, 0.1) is 75.3 Å². The van der Waals surface area contributed by atoms with E-state index in [1.807, 2.05) is 0 Å². The second-order valence-electron chi connectivity index (χ2n) is 15.9. The molecule has 350 valence electrons. The summed E-state index contributed by atoms with van der Waals surface area (Å²) in [6.45, 7) is 8.50. The van der Waals surface area contributed by atoms with Gasteiger partial charge in [-0.2, -0.15) is 0 Å². The fraction of sp³-hybridized carbons (Fsp3) is 0.269. The lowest BCUT2D eigenvalue weighted by Crippen LogP contribution is -2.44. The number of methoxy groups -OCH3 is 4. The zero-order valence-electron chi connectivity index (χ0n) is 37.8. The number of ether oxygens (including phenoxy) is 8. The number of anilines is 2. The number of carbonyl (C=O) groups excluding carboxylic acids is 6. The number of para-hydroxylation sites is 2. The van der Waals surface area contributed by atoms with Crippen molar-refractivity contribution in [2.45, 2.75) is 36.3 Å². The van der Waals surface area contributed by atoms with E-state index in [0.29, 0.717) is 71.2 Å². The predicted octanol–water partition coefficient (Wildman–Crippen LogP) is 6.21. The van der Waals surface area contributed by atoms with Gasteiger partial charge in [-0.1, -0.05) is 72.8 Å². The average molecular weight is 925 g/mol. The van der Waals surface area contributed by atoms with Crippen LogP contribution in [0.15, 0.2) is 145 Å². The Bertz CT molecular complexity index is 2590. The molecule has 0 aliphatic carbocycles. The van der Waals surface area contributed by atoms with Crippen molar-refractivity contribution in [2.24, 2.45) is 0 Å². The topological polar surface area (TPSA) is 183 Å². The van der Waals surface area contributed by atoms with E-state index in [2.05, 4.69) is 13.2 Å². The minimum Gasteiger partial charge on any atom is -0.494 e. The minimum absolute atomic E-state index is 0.132. The van der Waals surface area contributed by atoms with Crippen molar-refractivity contribution in [2.75, 3.05) is 64.5 Å². The van der Waals surface area contributed by atoms with Gasteiger partial charge in [0, 0.05) is 24.2 Å². The summed E-state index contributed by atoms with van der Waals surface area (Å²) in [7, 11) is 4.70. The Kier molecular flexibility index (Phi) is 13.2. The summed E-state index contributed by atoms with van der Waals surface area (Å²) in [5.74, 6) is -3.59. The molecule has 0 unspecified atom stereocenters. The summed E-state index contributed by atoms with van der Waals surface area (Å²) in [5, 5.41) is 0. The lowest BCUT2D eigenvalue weighted by Gasteiger charge is -2.27. The van der Waals surface area contributed by atoms with Gasteiger partial charge in [0.15, 0.2) is 0 Å². The summed E-state index contributed by atoms with van der Waals surface area (Å²) >= 11 is 0. The molecule has 4 aromatic carbocycles. The molecule has 68 heavy (non-hydrogen) atoms. The van der Waals surface area contributed by atoms with E-state index in [9.17, 15) is 28.8 Å². The van der Waals surface area contributed by atoms with E-state index >= 15 is 0 Å². The third kappa shape index (κ3) is 7.51. The molecule has 0 saturated carbocycles. The average Bonchev–Trinajstić information content (AvgIpc) is 4.06. The Labute approximate surface area is 391 Å². The van der Waals surface area contributed by atoms with Crippen molar-refractivity contribution in [3.63, 3.8) is 0 Å². The van der Waals surface area contributed by atoms with Crippen molar-refractivity contribution < 1.29 is 66.7 Å². The molecule has 8 rings (SSSR count). The van der Waals surface area contributed by atoms with E-state index in [1.54, 1.807) is 109 Å². The van der Waals surface area contributed by atoms with Crippen LogP contribution in [0.25, 0.3) is 0 Å². The highest BCUT2D eigenvalue weighted by molar-refractivity contribution is 6.19. The summed E-state index contributed by atoms with van der Waals surface area (Å²) in [6.07, 6.45) is 2.00. The molecule has 2 spiro atoms. The Morgan fingerprint density at radius 3 is 1.24 bits per heavy atom. The fourth-order valence-electron chi connectivity index (χ4n) is 9.29. The molecule has 0 N–H and O–H groups in total. The maximum absolute atomic E-state index is 14.3. The summed E-state index contributed by atoms with van der Waals surface area (Å²) in [4.78, 5) is 85.5. The number of benzene rings is 4. The number of hydrogen-bond donors (Lipinski definition) is 0. The largest absolute Gasteiger partial charge is 0.494 e. The van der Waals surface area contributed by atoms with Gasteiger partial charge in [-0.25, -0.2) is 19.2 Å². The Morgan fingerprint density at radius 1 is 0.544 bits per heavy atom. The Hall–Kier alpha value is -7.82. The molecule has 0 fully saturated rings. The van der Waals surface area contributed by atoms with Gasteiger partial charge in [0.1, 0.15) is 23.7 Å². The highest BCUT2D eigenvalue weighted by atomic mass is 16.6. The molecule has 16 nitrogen and oxygen atoms in total. The van der Waals surface area contributed by atoms with Gasteiger partial charge in [-0.05, 0) is 60.4 Å². The number of hydrogen-bond acceptors (Lipinski definition) is 14. The normalized spacial score (nSPS) is 21.2. The number of nitrogens with zero attached hydrogens (tertiary/aromatic N) is 2. The molecule has 0 bridgehead atoms. The lowest BCUT2D eigenvalue weighted by atomic mass is 9.85. The molecule has 4 aliphatic heterocycles. The maximum Gasteiger partial charge on any atom is 0.338 e. The first kappa shape index (κ1) is 46.7. The first-order valence-corrected chi connectivity index (χ1v) is 21.7. The molecule has 4 aliphatic rings. The van der Waals surface area contributed by atoms with Crippen LogP contribution in [0.4, 0.5) is 11.4 Å². The monoisotopic (exact) mass is 924 g/mol. The third-order valence-corrected chi connectivity index (χ3v) is 12.3. The van der Waals surface area contributed by atoms with Crippen LogP contribution in [0.3, 0.4) is 0 Å². The zero-order valence-corrected chi connectivity index (χ0v) is 37.8. The van der Waals surface area contributed by atoms with Gasteiger partial charge in [-0.3, -0.25) is 9.59 Å². The molecular weight excluding hydrogens is 877 g/mol. The van der Waals surface area contributed by atoms with Gasteiger partial charge in [0.25, 0.3) is 11.8 Å². The number of carbonyl (C=O) groups is 6. The standard InChI is InChI=1S/C52H48N2O14/c1-7-27-53-37-17-11-9-15-35(37)51(49(53)59)41(47(57)63-5)39(45(55)61-3)43(67-51)31-19-23-33(24-20-31)65-29-13-14-30-66-34-25-21-32(22-26-34)44-40(46(56)62-4)42(48(58)64-6)52(68-44)36-16-10-12-18-38(36)54(28-8-2)50(52)60/h7-12,15-26,43-44H,1-2,13-14,27-30H2,3-6H3/t43-,44-,51+,52+/m0/s1. The molecule has 0 saturated heterocycles. The van der Waals surface area contributed by atoms with Crippen molar-refractivity contribution in [3.05, 3.63) is 167 Å². The number of fused-ring (bicyclic) bond motifs is 4. The molecular formula is C52H48N2O14. The molecule has 0 radical (unpaired) electrons. The molecule has 4 aromatic rings. The van der Waals surface area contributed by atoms with Gasteiger partial charge in [-0.15, -0.1) is 13.2 Å². The Morgan fingerprint density at radius 2 is 0.897 bits per heavy atom. The first-order chi connectivity index (χ1) is 33.0. The van der Waals surface area contributed by atoms with Crippen molar-refractivity contribution in [3.8, 4) is 11.5 Å². The highest BCUT2D eigenvalue weighted by Crippen LogP contribution is 2.58. The quantitative estimate of drug-likeness (QED) is 0.0505. The number of amides is 2. The second-order valence-corrected chi connectivity index (χ2v) is 15.9. The van der Waals surface area contributed by atoms with Crippen LogP contribution in [0, 0.1) is 0 Å². The van der Waals surface area contributed by atoms with Crippen LogP contribution >= 0.6 is 0 Å². The smallest absolute Gasteiger partial charge is 0.338 e. The predicted molar refractivity (Wildman–Crippen MR) is 244 cm³/mol. The Balaban J connectivity index is 0.921. The van der Waals surface area contributed by atoms with E-state index in [1.165, 1.54) is 38.2 Å². The number of unbranched alkanes of at least 4 members (excludes halogenated alkanes) is 1. The SMILES string of the molecule is C=CCN1C(=O)[C@@]2(O[C@@H](c3ccc(OCCCCOc4ccc([C@@H]5O[C@@]6(C(=O)N(CC=C)c7ccccc76)C(C(=O)OC)=C5C(=O)OC)cc4)cc3)C(C(=O)OC)=C2C(=O)OC)c2ccccc21. The molecule has 4 atom stereocenters. The van der Waals surface area contributed by atoms with Crippen LogP contribution in [0.2, 0.25) is 0 Å². The minimum atomic E-state index is -1.98. The maximum atomic E-state index is 14.3. The van der Waals surface area contributed by atoms with Crippen LogP contribution < -0.4 is 19.3 Å². The summed E-state index contributed by atoms with van der Waals surface area (Å²) in [6, 6.07) is 27.3. The first-order valence-electron chi connectivity index (χ1n) is 21.7. The molecule has 2 amide bonds. The number of rotatable bonds is 17. The molecule has 16 heteroatoms. The van der Waals surface area contributed by atoms with Gasteiger partial charge < -0.3 is 47.7 Å². The van der Waals surface area contributed by atoms with Crippen LogP contribution in [-0.2, 0) is 68.4 Å². The van der Waals surface area contributed by atoms with Gasteiger partial charge >= 0.3 is 23.9 Å². The third-order valence-electron chi connectivity index (χ3n) is 12.3. The summed E-state index contributed by atoms with van der Waals surface area (Å²) < 4.78 is 45.7. The fourth-order valence-corrected chi connectivity index (χ4v) is 9.29. The van der Waals surface area contributed by atoms with E-state index in [-0.39, 0.29) is 35.4 Å². The van der Waals surface area contributed by atoms with Gasteiger partial charge in [0.2, 0.25) is 11.2 Å². The lowest BCUT2D eigenvalue weighted by molar-refractivity contribution is -0.148. The summed E-state index contributed by atoms with van der Waals surface area (Å²) in [5.41, 5.74) is -2.03. The van der Waals surface area contributed by atoms with Crippen LogP contribution in [0.1, 0.15) is 47.3 Å². The van der Waals surface area contributed by atoms with Crippen LogP contribution in [0.5, 0.6) is 11.5 Å². The van der Waals surface area contributed by atoms with E-state index < -0.39 is 59.1 Å². The van der Waals surface area contributed by atoms with E-state index in [4.69, 9.17) is 37.9 Å². The van der Waals surface area contributed by atoms with Crippen molar-refractivity contribution in [1.29, 1.82) is 0 Å². The van der Waals surface area contributed by atoms with Crippen molar-refractivity contribution in [1.82, 2.24) is 0 Å².